The van der Waals surface area contributed by atoms with E-state index >= 15 is 0 Å². The average molecular weight is 411 g/mol. The van der Waals surface area contributed by atoms with E-state index in [-0.39, 0.29) is 24.0 Å². The van der Waals surface area contributed by atoms with Crippen molar-refractivity contribution in [3.63, 3.8) is 0 Å². The molecular formula is C14H26IN3OS. The lowest BCUT2D eigenvalue weighted by molar-refractivity contribution is 0.192. The molecule has 6 heteroatoms. The van der Waals surface area contributed by atoms with Gasteiger partial charge < -0.3 is 15.4 Å². The number of hydrogen-bond donors (Lipinski definition) is 2. The standard InChI is InChI=1S/C14H25N3OS.HI/c1-12-7-8-13(19-12)11-17-14(15-2)16-9-5-4-6-10-18-3;/h7-8H,4-6,9-11H2,1-3H3,(H2,15,16,17);1H. The summed E-state index contributed by atoms with van der Waals surface area (Å²) >= 11 is 1.82. The topological polar surface area (TPSA) is 45.7 Å². The lowest BCUT2D eigenvalue weighted by Gasteiger charge is -2.11. The number of aliphatic imine (C=N–C) groups is 1. The van der Waals surface area contributed by atoms with Crippen LogP contribution in [0.2, 0.25) is 0 Å². The van der Waals surface area contributed by atoms with Gasteiger partial charge in [-0.3, -0.25) is 4.99 Å². The molecule has 0 aliphatic carbocycles. The van der Waals surface area contributed by atoms with Crippen LogP contribution in [0.1, 0.15) is 29.0 Å². The zero-order chi connectivity index (χ0) is 13.9. The van der Waals surface area contributed by atoms with Gasteiger partial charge in [-0.05, 0) is 38.3 Å². The Hall–Kier alpha value is -0.340. The smallest absolute Gasteiger partial charge is 0.191 e. The maximum atomic E-state index is 5.02. The molecule has 1 rings (SSSR count). The molecule has 116 valence electrons. The number of rotatable bonds is 8. The minimum Gasteiger partial charge on any atom is -0.385 e. The summed E-state index contributed by atoms with van der Waals surface area (Å²) in [5.74, 6) is 0.873. The molecule has 0 aliphatic rings. The molecule has 0 spiro atoms. The predicted octanol–water partition coefficient (Wildman–Crippen LogP) is 3.16. The Morgan fingerprint density at radius 3 is 2.65 bits per heavy atom. The van der Waals surface area contributed by atoms with Gasteiger partial charge in [0, 0.05) is 37.1 Å². The van der Waals surface area contributed by atoms with Crippen molar-refractivity contribution in [2.24, 2.45) is 4.99 Å². The Morgan fingerprint density at radius 2 is 2.05 bits per heavy atom. The molecule has 0 aliphatic heterocycles. The molecule has 0 unspecified atom stereocenters. The van der Waals surface area contributed by atoms with Crippen LogP contribution in [-0.4, -0.2) is 33.3 Å². The number of ether oxygens (including phenoxy) is 1. The molecule has 0 radical (unpaired) electrons. The second-order valence-corrected chi connectivity index (χ2v) is 5.79. The summed E-state index contributed by atoms with van der Waals surface area (Å²) in [6, 6.07) is 4.30. The van der Waals surface area contributed by atoms with Gasteiger partial charge in [0.25, 0.3) is 0 Å². The van der Waals surface area contributed by atoms with E-state index in [1.54, 1.807) is 14.2 Å². The van der Waals surface area contributed by atoms with E-state index in [0.717, 1.165) is 38.5 Å². The highest BCUT2D eigenvalue weighted by molar-refractivity contribution is 14.0. The number of halogens is 1. The molecule has 1 aromatic rings. The molecule has 0 bridgehead atoms. The van der Waals surface area contributed by atoms with E-state index in [1.807, 2.05) is 11.3 Å². The Morgan fingerprint density at radius 1 is 1.25 bits per heavy atom. The molecular weight excluding hydrogens is 385 g/mol. The Kier molecular flexibility index (Phi) is 12.2. The third-order valence-corrected chi connectivity index (χ3v) is 3.77. The largest absolute Gasteiger partial charge is 0.385 e. The summed E-state index contributed by atoms with van der Waals surface area (Å²) in [6.07, 6.45) is 3.45. The van der Waals surface area contributed by atoms with Gasteiger partial charge in [0.05, 0.1) is 6.54 Å². The quantitative estimate of drug-likeness (QED) is 0.299. The van der Waals surface area contributed by atoms with E-state index in [9.17, 15) is 0 Å². The maximum Gasteiger partial charge on any atom is 0.191 e. The first-order valence-corrected chi connectivity index (χ1v) is 7.56. The van der Waals surface area contributed by atoms with Crippen LogP contribution in [-0.2, 0) is 11.3 Å². The van der Waals surface area contributed by atoms with Crippen LogP contribution >= 0.6 is 35.3 Å². The van der Waals surface area contributed by atoms with Crippen molar-refractivity contribution in [2.45, 2.75) is 32.7 Å². The van der Waals surface area contributed by atoms with E-state index in [4.69, 9.17) is 4.74 Å². The van der Waals surface area contributed by atoms with Gasteiger partial charge in [0.1, 0.15) is 0 Å². The van der Waals surface area contributed by atoms with Crippen molar-refractivity contribution in [3.05, 3.63) is 21.9 Å². The minimum absolute atomic E-state index is 0. The summed E-state index contributed by atoms with van der Waals surface area (Å²) in [7, 11) is 3.55. The van der Waals surface area contributed by atoms with Crippen molar-refractivity contribution in [1.82, 2.24) is 10.6 Å². The van der Waals surface area contributed by atoms with Crippen molar-refractivity contribution in [1.29, 1.82) is 0 Å². The van der Waals surface area contributed by atoms with E-state index in [1.165, 1.54) is 16.2 Å². The van der Waals surface area contributed by atoms with Crippen LogP contribution in [0.15, 0.2) is 17.1 Å². The Labute approximate surface area is 143 Å². The van der Waals surface area contributed by atoms with Crippen LogP contribution in [0, 0.1) is 6.92 Å². The molecule has 2 N–H and O–H groups in total. The summed E-state index contributed by atoms with van der Waals surface area (Å²) in [6.45, 7) is 4.76. The molecule has 0 amide bonds. The summed E-state index contributed by atoms with van der Waals surface area (Å²) in [5.41, 5.74) is 0. The van der Waals surface area contributed by atoms with Crippen molar-refractivity contribution in [3.8, 4) is 0 Å². The fourth-order valence-corrected chi connectivity index (χ4v) is 2.56. The van der Waals surface area contributed by atoms with Gasteiger partial charge in [-0.1, -0.05) is 0 Å². The molecule has 0 saturated heterocycles. The number of hydrogen-bond acceptors (Lipinski definition) is 3. The SMILES string of the molecule is CN=C(NCCCCCOC)NCc1ccc(C)s1.I. The van der Waals surface area contributed by atoms with E-state index in [0.29, 0.717) is 0 Å². The Balaban J connectivity index is 0.00000361. The normalized spacial score (nSPS) is 11.1. The zero-order valence-corrected chi connectivity index (χ0v) is 15.7. The van der Waals surface area contributed by atoms with Gasteiger partial charge in [-0.25, -0.2) is 0 Å². The molecule has 20 heavy (non-hydrogen) atoms. The third kappa shape index (κ3) is 8.76. The predicted molar refractivity (Wildman–Crippen MR) is 98.4 cm³/mol. The molecule has 4 nitrogen and oxygen atoms in total. The first-order chi connectivity index (χ1) is 9.26. The molecule has 0 saturated carbocycles. The lowest BCUT2D eigenvalue weighted by Crippen LogP contribution is -2.37. The zero-order valence-electron chi connectivity index (χ0n) is 12.6. The lowest BCUT2D eigenvalue weighted by atomic mass is 10.2. The number of unbranched alkanes of at least 4 members (excludes halogenated alkanes) is 2. The van der Waals surface area contributed by atoms with E-state index < -0.39 is 0 Å². The number of nitrogens with zero attached hydrogens (tertiary/aromatic N) is 1. The third-order valence-electron chi connectivity index (χ3n) is 2.77. The fourth-order valence-electron chi connectivity index (χ4n) is 1.73. The summed E-state index contributed by atoms with van der Waals surface area (Å²) in [4.78, 5) is 6.90. The van der Waals surface area contributed by atoms with E-state index in [2.05, 4.69) is 34.7 Å². The van der Waals surface area contributed by atoms with Gasteiger partial charge in [0.2, 0.25) is 0 Å². The van der Waals surface area contributed by atoms with Crippen LogP contribution in [0.3, 0.4) is 0 Å². The highest BCUT2D eigenvalue weighted by atomic mass is 127. The van der Waals surface area contributed by atoms with Crippen LogP contribution in [0.5, 0.6) is 0 Å². The summed E-state index contributed by atoms with van der Waals surface area (Å²) in [5, 5.41) is 6.65. The highest BCUT2D eigenvalue weighted by Gasteiger charge is 1.99. The molecule has 0 aromatic carbocycles. The second kappa shape index (κ2) is 12.4. The first kappa shape index (κ1) is 19.7. The van der Waals surface area contributed by atoms with Crippen LogP contribution in [0.4, 0.5) is 0 Å². The number of nitrogens with one attached hydrogen (secondary N) is 2. The maximum absolute atomic E-state index is 5.02. The fraction of sp³-hybridized carbons (Fsp3) is 0.643. The van der Waals surface area contributed by atoms with Crippen molar-refractivity contribution >= 4 is 41.3 Å². The number of methoxy groups -OCH3 is 1. The number of guanidine groups is 1. The van der Waals surface area contributed by atoms with Gasteiger partial charge in [0.15, 0.2) is 5.96 Å². The highest BCUT2D eigenvalue weighted by Crippen LogP contribution is 2.14. The van der Waals surface area contributed by atoms with Gasteiger partial charge in [-0.2, -0.15) is 0 Å². The van der Waals surface area contributed by atoms with Crippen LogP contribution < -0.4 is 10.6 Å². The average Bonchev–Trinajstić information content (AvgIpc) is 2.83. The van der Waals surface area contributed by atoms with Crippen LogP contribution in [0.25, 0.3) is 0 Å². The Bertz CT molecular complexity index is 382. The minimum atomic E-state index is 0. The monoisotopic (exact) mass is 411 g/mol. The second-order valence-electron chi connectivity index (χ2n) is 4.42. The van der Waals surface area contributed by atoms with Gasteiger partial charge >= 0.3 is 0 Å². The van der Waals surface area contributed by atoms with Gasteiger partial charge in [-0.15, -0.1) is 35.3 Å². The van der Waals surface area contributed by atoms with Crippen molar-refractivity contribution < 1.29 is 4.74 Å². The molecule has 0 atom stereocenters. The van der Waals surface area contributed by atoms with Crippen molar-refractivity contribution in [2.75, 3.05) is 27.3 Å². The summed E-state index contributed by atoms with van der Waals surface area (Å²) < 4.78 is 5.02. The number of aryl methyl sites for hydroxylation is 1. The first-order valence-electron chi connectivity index (χ1n) is 6.75. The molecule has 1 heterocycles. The number of thiophene rings is 1. The molecule has 0 fully saturated rings. The molecule has 1 aromatic heterocycles.